The molecular formula is C16H22F3NO. The molecule has 0 aliphatic heterocycles. The van der Waals surface area contributed by atoms with E-state index >= 15 is 0 Å². The van der Waals surface area contributed by atoms with Crippen molar-refractivity contribution in [1.29, 1.82) is 0 Å². The minimum absolute atomic E-state index is 0.0529. The zero-order chi connectivity index (χ0) is 15.5. The van der Waals surface area contributed by atoms with Gasteiger partial charge >= 0.3 is 6.18 Å². The van der Waals surface area contributed by atoms with Crippen LogP contribution in [0.5, 0.6) is 5.75 Å². The van der Waals surface area contributed by atoms with Gasteiger partial charge in [0.05, 0.1) is 11.7 Å². The van der Waals surface area contributed by atoms with E-state index in [9.17, 15) is 13.2 Å². The molecule has 2 N–H and O–H groups in total. The van der Waals surface area contributed by atoms with Crippen molar-refractivity contribution in [3.05, 3.63) is 29.3 Å². The third-order valence-electron chi connectivity index (χ3n) is 3.75. The van der Waals surface area contributed by atoms with Gasteiger partial charge in [-0.2, -0.15) is 13.2 Å². The van der Waals surface area contributed by atoms with Crippen LogP contribution in [-0.2, 0) is 12.6 Å². The van der Waals surface area contributed by atoms with Gasteiger partial charge in [-0.1, -0.05) is 12.5 Å². The topological polar surface area (TPSA) is 35.2 Å². The number of hydrogen-bond donors (Lipinski definition) is 1. The Morgan fingerprint density at radius 2 is 1.90 bits per heavy atom. The fraction of sp³-hybridized carbons (Fsp3) is 0.625. The Morgan fingerprint density at radius 1 is 1.24 bits per heavy atom. The molecule has 1 fully saturated rings. The molecule has 0 radical (unpaired) electrons. The van der Waals surface area contributed by atoms with Crippen LogP contribution in [0, 0.1) is 0 Å². The predicted octanol–water partition coefficient (Wildman–Crippen LogP) is 4.31. The van der Waals surface area contributed by atoms with Gasteiger partial charge in [0, 0.05) is 6.04 Å². The quantitative estimate of drug-likeness (QED) is 0.899. The molecule has 0 aromatic heterocycles. The SMILES string of the molecule is CC(N)Cc1ccc(OC2CCCCC2)c(C(F)(F)F)c1. The van der Waals surface area contributed by atoms with E-state index in [2.05, 4.69) is 0 Å². The lowest BCUT2D eigenvalue weighted by atomic mass is 9.97. The van der Waals surface area contributed by atoms with E-state index in [4.69, 9.17) is 10.5 Å². The first-order valence-electron chi connectivity index (χ1n) is 7.48. The van der Waals surface area contributed by atoms with Crippen LogP contribution in [0.15, 0.2) is 18.2 Å². The van der Waals surface area contributed by atoms with Crippen LogP contribution in [0.2, 0.25) is 0 Å². The zero-order valence-electron chi connectivity index (χ0n) is 12.2. The lowest BCUT2D eigenvalue weighted by Gasteiger charge is -2.25. The van der Waals surface area contributed by atoms with Crippen LogP contribution in [0.3, 0.4) is 0 Å². The van der Waals surface area contributed by atoms with Gasteiger partial charge in [0.1, 0.15) is 5.75 Å². The third kappa shape index (κ3) is 4.63. The number of rotatable bonds is 4. The number of benzene rings is 1. The summed E-state index contributed by atoms with van der Waals surface area (Å²) >= 11 is 0. The van der Waals surface area contributed by atoms with Crippen molar-refractivity contribution in [1.82, 2.24) is 0 Å². The number of hydrogen-bond acceptors (Lipinski definition) is 2. The predicted molar refractivity (Wildman–Crippen MR) is 76.3 cm³/mol. The van der Waals surface area contributed by atoms with Crippen molar-refractivity contribution in [2.75, 3.05) is 0 Å². The van der Waals surface area contributed by atoms with Crippen molar-refractivity contribution in [2.24, 2.45) is 5.73 Å². The minimum atomic E-state index is -4.40. The molecule has 5 heteroatoms. The first-order valence-corrected chi connectivity index (χ1v) is 7.48. The molecule has 1 saturated carbocycles. The van der Waals surface area contributed by atoms with Crippen molar-refractivity contribution < 1.29 is 17.9 Å². The van der Waals surface area contributed by atoms with Crippen LogP contribution >= 0.6 is 0 Å². The summed E-state index contributed by atoms with van der Waals surface area (Å²) in [7, 11) is 0. The van der Waals surface area contributed by atoms with Crippen molar-refractivity contribution in [2.45, 2.75) is 63.8 Å². The van der Waals surface area contributed by atoms with E-state index in [-0.39, 0.29) is 17.9 Å². The molecule has 0 saturated heterocycles. The highest BCUT2D eigenvalue weighted by molar-refractivity contribution is 5.39. The molecule has 1 aliphatic rings. The number of nitrogens with two attached hydrogens (primary N) is 1. The minimum Gasteiger partial charge on any atom is -0.490 e. The fourth-order valence-electron chi connectivity index (χ4n) is 2.76. The van der Waals surface area contributed by atoms with Gasteiger partial charge in [-0.05, 0) is 56.7 Å². The second-order valence-corrected chi connectivity index (χ2v) is 5.89. The lowest BCUT2D eigenvalue weighted by Crippen LogP contribution is -2.22. The van der Waals surface area contributed by atoms with Crippen LogP contribution in [0.1, 0.15) is 50.2 Å². The Hall–Kier alpha value is -1.23. The Balaban J connectivity index is 2.22. The van der Waals surface area contributed by atoms with E-state index in [0.717, 1.165) is 32.1 Å². The second kappa shape index (κ2) is 6.69. The molecule has 118 valence electrons. The van der Waals surface area contributed by atoms with Crippen LogP contribution in [0.4, 0.5) is 13.2 Å². The summed E-state index contributed by atoms with van der Waals surface area (Å²) in [5.41, 5.74) is 5.56. The average Bonchev–Trinajstić information content (AvgIpc) is 2.40. The summed E-state index contributed by atoms with van der Waals surface area (Å²) < 4.78 is 45.2. The first kappa shape index (κ1) is 16.1. The van der Waals surface area contributed by atoms with Gasteiger partial charge in [0.2, 0.25) is 0 Å². The van der Waals surface area contributed by atoms with Crippen LogP contribution in [0.25, 0.3) is 0 Å². The summed E-state index contributed by atoms with van der Waals surface area (Å²) in [5, 5.41) is 0. The normalized spacial score (nSPS) is 18.5. The summed E-state index contributed by atoms with van der Waals surface area (Å²) in [4.78, 5) is 0. The summed E-state index contributed by atoms with van der Waals surface area (Å²) in [6.07, 6.45) is 0.768. The Labute approximate surface area is 123 Å². The Morgan fingerprint density at radius 3 is 2.48 bits per heavy atom. The van der Waals surface area contributed by atoms with E-state index < -0.39 is 11.7 Å². The highest BCUT2D eigenvalue weighted by Gasteiger charge is 2.35. The van der Waals surface area contributed by atoms with Crippen LogP contribution in [-0.4, -0.2) is 12.1 Å². The van der Waals surface area contributed by atoms with Crippen LogP contribution < -0.4 is 10.5 Å². The van der Waals surface area contributed by atoms with Gasteiger partial charge in [-0.15, -0.1) is 0 Å². The molecule has 21 heavy (non-hydrogen) atoms. The number of alkyl halides is 3. The molecule has 1 aromatic rings. The van der Waals surface area contributed by atoms with E-state index in [1.54, 1.807) is 13.0 Å². The smallest absolute Gasteiger partial charge is 0.419 e. The molecule has 0 spiro atoms. The molecule has 0 heterocycles. The van der Waals surface area contributed by atoms with Crippen molar-refractivity contribution in [3.63, 3.8) is 0 Å². The number of halogens is 3. The lowest BCUT2D eigenvalue weighted by molar-refractivity contribution is -0.139. The van der Waals surface area contributed by atoms with Gasteiger partial charge in [0.25, 0.3) is 0 Å². The number of ether oxygens (including phenoxy) is 1. The zero-order valence-corrected chi connectivity index (χ0v) is 12.2. The standard InChI is InChI=1S/C16H22F3NO/c1-11(20)9-12-7-8-15(14(10-12)16(17,18)19)21-13-5-3-2-4-6-13/h7-8,10-11,13H,2-6,9,20H2,1H3. The van der Waals surface area contributed by atoms with Gasteiger partial charge in [0.15, 0.2) is 0 Å². The molecule has 1 unspecified atom stereocenters. The molecule has 1 aliphatic carbocycles. The van der Waals surface area contributed by atoms with E-state index in [0.29, 0.717) is 12.0 Å². The first-order chi connectivity index (χ1) is 9.86. The molecule has 0 amide bonds. The van der Waals surface area contributed by atoms with Crippen molar-refractivity contribution >= 4 is 0 Å². The van der Waals surface area contributed by atoms with E-state index in [1.807, 2.05) is 0 Å². The summed E-state index contributed by atoms with van der Waals surface area (Å²) in [5.74, 6) is -0.0529. The summed E-state index contributed by atoms with van der Waals surface area (Å²) in [6, 6.07) is 4.11. The monoisotopic (exact) mass is 301 g/mol. The molecule has 2 nitrogen and oxygen atoms in total. The average molecular weight is 301 g/mol. The second-order valence-electron chi connectivity index (χ2n) is 5.89. The maximum Gasteiger partial charge on any atom is 0.419 e. The van der Waals surface area contributed by atoms with Gasteiger partial charge < -0.3 is 10.5 Å². The molecule has 2 rings (SSSR count). The highest BCUT2D eigenvalue weighted by atomic mass is 19.4. The molecule has 1 atom stereocenters. The van der Waals surface area contributed by atoms with E-state index in [1.165, 1.54) is 12.1 Å². The van der Waals surface area contributed by atoms with Gasteiger partial charge in [-0.3, -0.25) is 0 Å². The van der Waals surface area contributed by atoms with Crippen molar-refractivity contribution in [3.8, 4) is 5.75 Å². The third-order valence-corrected chi connectivity index (χ3v) is 3.75. The summed E-state index contributed by atoms with van der Waals surface area (Å²) in [6.45, 7) is 1.78. The Bertz CT molecular complexity index is 465. The Kier molecular flexibility index (Phi) is 5.14. The van der Waals surface area contributed by atoms with Gasteiger partial charge in [-0.25, -0.2) is 0 Å². The maximum atomic E-state index is 13.2. The maximum absolute atomic E-state index is 13.2. The molecule has 0 bridgehead atoms. The highest BCUT2D eigenvalue weighted by Crippen LogP contribution is 2.38. The largest absolute Gasteiger partial charge is 0.490 e. The molecular weight excluding hydrogens is 279 g/mol. The fourth-order valence-corrected chi connectivity index (χ4v) is 2.76. The molecule has 1 aromatic carbocycles.